The first kappa shape index (κ1) is 31.9. The second-order valence-corrected chi connectivity index (χ2v) is 14.0. The lowest BCUT2D eigenvalue weighted by molar-refractivity contribution is 0.669. The number of nitrogens with zero attached hydrogens (tertiary/aromatic N) is 3. The first-order chi connectivity index (χ1) is 27.7. The van der Waals surface area contributed by atoms with Crippen molar-refractivity contribution in [2.75, 3.05) is 0 Å². The van der Waals surface area contributed by atoms with Gasteiger partial charge >= 0.3 is 0 Å². The molecule has 0 N–H and O–H groups in total. The Hall–Kier alpha value is -7.63. The largest absolute Gasteiger partial charge is 0.456 e. The average Bonchev–Trinajstić information content (AvgIpc) is 3.85. The van der Waals surface area contributed by atoms with Crippen LogP contribution in [0, 0.1) is 0 Å². The molecule has 262 valence electrons. The summed E-state index contributed by atoms with van der Waals surface area (Å²) in [5, 5.41) is 4.16. The third-order valence-corrected chi connectivity index (χ3v) is 10.6. The highest BCUT2D eigenvalue weighted by Gasteiger charge is 2.19. The lowest BCUT2D eigenvalue weighted by Crippen LogP contribution is -2.00. The molecular formula is C51H31N3O2. The molecule has 3 aromatic heterocycles. The van der Waals surface area contributed by atoms with E-state index in [0.717, 1.165) is 82.8 Å². The summed E-state index contributed by atoms with van der Waals surface area (Å²) in [6, 6.07) is 64.5. The monoisotopic (exact) mass is 717 g/mol. The van der Waals surface area contributed by atoms with E-state index in [-0.39, 0.29) is 0 Å². The van der Waals surface area contributed by atoms with Crippen molar-refractivity contribution in [3.63, 3.8) is 0 Å². The molecule has 8 aromatic carbocycles. The van der Waals surface area contributed by atoms with Gasteiger partial charge in [-0.05, 0) is 58.1 Å². The molecule has 0 spiro atoms. The number of para-hydroxylation sites is 2. The summed E-state index contributed by atoms with van der Waals surface area (Å²) in [5.74, 6) is 1.75. The Balaban J connectivity index is 1.06. The predicted octanol–water partition coefficient (Wildman–Crippen LogP) is 13.7. The number of hydrogen-bond acceptors (Lipinski definition) is 5. The standard InChI is InChI=1S/C51H31N3O2/c1-3-12-32(13-4-1)33-24-26-34(27-25-33)36-28-29-45-43(31-36)47-42(21-11-23-46(47)55-45)51-53-49(35-14-5-2-6-15-35)52-50(54-51)38-17-9-16-37(30-38)39-19-10-20-41-40-18-7-8-22-44(40)56-48(39)41/h1-31H. The van der Waals surface area contributed by atoms with Gasteiger partial charge in [-0.1, -0.05) is 158 Å². The zero-order valence-corrected chi connectivity index (χ0v) is 30.1. The smallest absolute Gasteiger partial charge is 0.164 e. The maximum atomic E-state index is 6.45. The summed E-state index contributed by atoms with van der Waals surface area (Å²) in [6.45, 7) is 0. The van der Waals surface area contributed by atoms with E-state index in [2.05, 4.69) is 121 Å². The molecule has 56 heavy (non-hydrogen) atoms. The van der Waals surface area contributed by atoms with Crippen LogP contribution >= 0.6 is 0 Å². The van der Waals surface area contributed by atoms with Crippen LogP contribution in [0.3, 0.4) is 0 Å². The van der Waals surface area contributed by atoms with E-state index in [4.69, 9.17) is 23.8 Å². The Bertz CT molecular complexity index is 3240. The minimum absolute atomic E-state index is 0.574. The Morgan fingerprint density at radius 1 is 0.286 bits per heavy atom. The van der Waals surface area contributed by atoms with Gasteiger partial charge in [-0.3, -0.25) is 0 Å². The van der Waals surface area contributed by atoms with Crippen LogP contribution in [0.1, 0.15) is 0 Å². The average molecular weight is 718 g/mol. The normalized spacial score (nSPS) is 11.6. The summed E-state index contributed by atoms with van der Waals surface area (Å²) < 4.78 is 12.9. The van der Waals surface area contributed by atoms with Gasteiger partial charge in [0, 0.05) is 43.8 Å². The van der Waals surface area contributed by atoms with Crippen molar-refractivity contribution in [3.8, 4) is 67.5 Å². The molecule has 0 saturated heterocycles. The van der Waals surface area contributed by atoms with Crippen molar-refractivity contribution >= 4 is 43.9 Å². The molecule has 11 rings (SSSR count). The highest BCUT2D eigenvalue weighted by Crippen LogP contribution is 2.40. The summed E-state index contributed by atoms with van der Waals surface area (Å²) in [6.07, 6.45) is 0. The number of furan rings is 2. The molecule has 0 aliphatic rings. The number of aromatic nitrogens is 3. The van der Waals surface area contributed by atoms with Gasteiger partial charge in [-0.25, -0.2) is 15.0 Å². The van der Waals surface area contributed by atoms with Gasteiger partial charge in [0.25, 0.3) is 0 Å². The quantitative estimate of drug-likeness (QED) is 0.171. The van der Waals surface area contributed by atoms with Crippen molar-refractivity contribution < 1.29 is 8.83 Å². The van der Waals surface area contributed by atoms with Crippen LogP contribution in [0.2, 0.25) is 0 Å². The van der Waals surface area contributed by atoms with E-state index < -0.39 is 0 Å². The molecule has 0 unspecified atom stereocenters. The van der Waals surface area contributed by atoms with Gasteiger partial charge in [-0.15, -0.1) is 0 Å². The van der Waals surface area contributed by atoms with Crippen LogP contribution in [0.25, 0.3) is 111 Å². The predicted molar refractivity (Wildman–Crippen MR) is 227 cm³/mol. The Morgan fingerprint density at radius 3 is 1.64 bits per heavy atom. The van der Waals surface area contributed by atoms with E-state index in [9.17, 15) is 0 Å². The first-order valence-corrected chi connectivity index (χ1v) is 18.7. The molecular weight excluding hydrogens is 687 g/mol. The molecule has 5 heteroatoms. The Labute approximate surface area is 322 Å². The van der Waals surface area contributed by atoms with Crippen LogP contribution < -0.4 is 0 Å². The topological polar surface area (TPSA) is 65.0 Å². The summed E-state index contributed by atoms with van der Waals surface area (Å²) in [5.41, 5.74) is 12.6. The Kier molecular flexibility index (Phi) is 7.42. The number of hydrogen-bond donors (Lipinski definition) is 0. The van der Waals surface area contributed by atoms with Crippen molar-refractivity contribution in [2.45, 2.75) is 0 Å². The highest BCUT2D eigenvalue weighted by molar-refractivity contribution is 6.13. The summed E-state index contributed by atoms with van der Waals surface area (Å²) in [4.78, 5) is 15.4. The number of benzene rings is 8. The highest BCUT2D eigenvalue weighted by atomic mass is 16.3. The minimum atomic E-state index is 0.574. The molecule has 0 saturated carbocycles. The zero-order chi connectivity index (χ0) is 37.0. The molecule has 0 bridgehead atoms. The van der Waals surface area contributed by atoms with Gasteiger partial charge < -0.3 is 8.83 Å². The van der Waals surface area contributed by atoms with Crippen LogP contribution in [0.5, 0.6) is 0 Å². The van der Waals surface area contributed by atoms with Crippen LogP contribution in [-0.2, 0) is 0 Å². The fourth-order valence-electron chi connectivity index (χ4n) is 7.82. The lowest BCUT2D eigenvalue weighted by Gasteiger charge is -2.10. The molecule has 0 atom stereocenters. The van der Waals surface area contributed by atoms with Gasteiger partial charge in [-0.2, -0.15) is 0 Å². The molecule has 0 fully saturated rings. The zero-order valence-electron chi connectivity index (χ0n) is 30.1. The second-order valence-electron chi connectivity index (χ2n) is 14.0. The maximum Gasteiger partial charge on any atom is 0.164 e. The number of fused-ring (bicyclic) bond motifs is 6. The summed E-state index contributed by atoms with van der Waals surface area (Å²) >= 11 is 0. The second kappa shape index (κ2) is 13.0. The third-order valence-electron chi connectivity index (χ3n) is 10.6. The van der Waals surface area contributed by atoms with Crippen LogP contribution in [0.4, 0.5) is 0 Å². The first-order valence-electron chi connectivity index (χ1n) is 18.7. The minimum Gasteiger partial charge on any atom is -0.456 e. The molecule has 5 nitrogen and oxygen atoms in total. The van der Waals surface area contributed by atoms with Crippen molar-refractivity contribution in [1.29, 1.82) is 0 Å². The molecule has 0 aliphatic heterocycles. The molecule has 11 aromatic rings. The van der Waals surface area contributed by atoms with Crippen molar-refractivity contribution in [2.24, 2.45) is 0 Å². The third kappa shape index (κ3) is 5.45. The molecule has 0 amide bonds. The molecule has 0 radical (unpaired) electrons. The van der Waals surface area contributed by atoms with Gasteiger partial charge in [0.15, 0.2) is 17.5 Å². The van der Waals surface area contributed by atoms with Crippen LogP contribution in [-0.4, -0.2) is 15.0 Å². The van der Waals surface area contributed by atoms with Gasteiger partial charge in [0.05, 0.1) is 0 Å². The van der Waals surface area contributed by atoms with E-state index in [1.54, 1.807) is 0 Å². The van der Waals surface area contributed by atoms with E-state index >= 15 is 0 Å². The van der Waals surface area contributed by atoms with Crippen molar-refractivity contribution in [3.05, 3.63) is 188 Å². The molecule has 3 heterocycles. The Morgan fingerprint density at radius 2 is 0.821 bits per heavy atom. The lowest BCUT2D eigenvalue weighted by atomic mass is 9.98. The SMILES string of the molecule is c1ccc(-c2ccc(-c3ccc4oc5cccc(-c6nc(-c7ccccc7)nc(-c7cccc(-c8cccc9c8oc8ccccc89)c7)n6)c5c4c3)cc2)cc1. The fraction of sp³-hybridized carbons (Fsp3) is 0. The van der Waals surface area contributed by atoms with Crippen LogP contribution in [0.15, 0.2) is 197 Å². The van der Waals surface area contributed by atoms with E-state index in [1.807, 2.05) is 66.7 Å². The number of rotatable bonds is 6. The maximum absolute atomic E-state index is 6.45. The summed E-state index contributed by atoms with van der Waals surface area (Å²) in [7, 11) is 0. The molecule has 0 aliphatic carbocycles. The van der Waals surface area contributed by atoms with E-state index in [0.29, 0.717) is 17.5 Å². The van der Waals surface area contributed by atoms with Crippen molar-refractivity contribution in [1.82, 2.24) is 15.0 Å². The van der Waals surface area contributed by atoms with E-state index in [1.165, 1.54) is 11.1 Å². The fourth-order valence-corrected chi connectivity index (χ4v) is 7.82. The van der Waals surface area contributed by atoms with Gasteiger partial charge in [0.2, 0.25) is 0 Å². The van der Waals surface area contributed by atoms with Gasteiger partial charge in [0.1, 0.15) is 22.3 Å².